The number of rotatable bonds is 10. The molecule has 2 amide bonds. The molecule has 0 atom stereocenters. The minimum atomic E-state index is -0.803. The van der Waals surface area contributed by atoms with E-state index in [9.17, 15) is 9.59 Å². The van der Waals surface area contributed by atoms with Gasteiger partial charge in [-0.1, -0.05) is 0 Å². The van der Waals surface area contributed by atoms with E-state index in [1.165, 1.54) is 6.21 Å². The van der Waals surface area contributed by atoms with E-state index in [-0.39, 0.29) is 0 Å². The van der Waals surface area contributed by atoms with Gasteiger partial charge in [0.15, 0.2) is 11.5 Å². The maximum absolute atomic E-state index is 11.9. The molecule has 0 spiro atoms. The first-order valence-corrected chi connectivity index (χ1v) is 11.1. The van der Waals surface area contributed by atoms with E-state index in [1.807, 2.05) is 19.9 Å². The van der Waals surface area contributed by atoms with Crippen LogP contribution in [0.1, 0.15) is 25.8 Å². The zero-order valence-corrected chi connectivity index (χ0v) is 19.6. The van der Waals surface area contributed by atoms with Crippen LogP contribution in [0.4, 0.5) is 0 Å². The number of ether oxygens (including phenoxy) is 3. The maximum Gasteiger partial charge on any atom is 0.329 e. The van der Waals surface area contributed by atoms with Gasteiger partial charge in [-0.25, -0.2) is 5.43 Å². The standard InChI is InChI=1S/C20H29IN4O5/c1-3-29-17-13-15(12-16(21)18(17)30-4-2)14-23-24-20(27)19(26)22-6-5-7-25-8-10-28-11-9-25/h12-14H,3-11H2,1-2H3,(H,22,26)(H,24,27)/b23-14-. The highest BCUT2D eigenvalue weighted by Gasteiger charge is 2.14. The summed E-state index contributed by atoms with van der Waals surface area (Å²) in [5.74, 6) is -0.219. The van der Waals surface area contributed by atoms with Crippen molar-refractivity contribution >= 4 is 40.6 Å². The SMILES string of the molecule is CCOc1cc(/C=N\NC(=O)C(=O)NCCCN2CCOCC2)cc(I)c1OCC. The van der Waals surface area contributed by atoms with Gasteiger partial charge < -0.3 is 19.5 Å². The Bertz CT molecular complexity index is 738. The number of nitrogens with one attached hydrogen (secondary N) is 2. The van der Waals surface area contributed by atoms with Crippen LogP contribution in [-0.4, -0.2) is 75.5 Å². The Hall–Kier alpha value is -1.92. The molecule has 1 fully saturated rings. The van der Waals surface area contributed by atoms with Crippen LogP contribution < -0.4 is 20.2 Å². The van der Waals surface area contributed by atoms with Gasteiger partial charge in [0.05, 0.1) is 36.2 Å². The van der Waals surface area contributed by atoms with E-state index in [2.05, 4.69) is 43.3 Å². The molecular weight excluding hydrogens is 503 g/mol. The van der Waals surface area contributed by atoms with Crippen LogP contribution in [0, 0.1) is 3.57 Å². The van der Waals surface area contributed by atoms with Crippen LogP contribution in [0.3, 0.4) is 0 Å². The minimum absolute atomic E-state index is 0.433. The first-order valence-electron chi connectivity index (χ1n) is 10.1. The summed E-state index contributed by atoms with van der Waals surface area (Å²) in [6.07, 6.45) is 2.23. The van der Waals surface area contributed by atoms with Crippen molar-refractivity contribution < 1.29 is 23.8 Å². The molecule has 1 aliphatic rings. The molecule has 0 bridgehead atoms. The molecule has 9 nitrogen and oxygen atoms in total. The quantitative estimate of drug-likeness (QED) is 0.155. The summed E-state index contributed by atoms with van der Waals surface area (Å²) in [6, 6.07) is 3.63. The normalized spacial score (nSPS) is 14.5. The summed E-state index contributed by atoms with van der Waals surface area (Å²) in [7, 11) is 0. The Labute approximate surface area is 190 Å². The van der Waals surface area contributed by atoms with Crippen LogP contribution in [-0.2, 0) is 14.3 Å². The summed E-state index contributed by atoms with van der Waals surface area (Å²) >= 11 is 2.16. The molecule has 1 aromatic rings. The zero-order valence-electron chi connectivity index (χ0n) is 17.4. The smallest absolute Gasteiger partial charge is 0.329 e. The molecular formula is C20H29IN4O5. The third-order valence-electron chi connectivity index (χ3n) is 4.25. The Morgan fingerprint density at radius 2 is 1.93 bits per heavy atom. The van der Waals surface area contributed by atoms with E-state index < -0.39 is 11.8 Å². The van der Waals surface area contributed by atoms with Crippen LogP contribution in [0.15, 0.2) is 17.2 Å². The monoisotopic (exact) mass is 532 g/mol. The van der Waals surface area contributed by atoms with Crippen LogP contribution >= 0.6 is 22.6 Å². The van der Waals surface area contributed by atoms with Crippen molar-refractivity contribution in [2.45, 2.75) is 20.3 Å². The zero-order chi connectivity index (χ0) is 21.8. The van der Waals surface area contributed by atoms with Crippen LogP contribution in [0.25, 0.3) is 0 Å². The van der Waals surface area contributed by atoms with Gasteiger partial charge in [0.25, 0.3) is 0 Å². The number of hydrogen-bond donors (Lipinski definition) is 2. The summed E-state index contributed by atoms with van der Waals surface area (Å²) in [5, 5.41) is 6.48. The van der Waals surface area contributed by atoms with Crippen LogP contribution in [0.5, 0.6) is 11.5 Å². The Morgan fingerprint density at radius 1 is 1.20 bits per heavy atom. The van der Waals surface area contributed by atoms with Crippen molar-refractivity contribution in [1.29, 1.82) is 0 Å². The third-order valence-corrected chi connectivity index (χ3v) is 5.05. The van der Waals surface area contributed by atoms with E-state index in [0.717, 1.165) is 48.4 Å². The second-order valence-electron chi connectivity index (χ2n) is 6.46. The molecule has 0 radical (unpaired) electrons. The number of hydrogen-bond acceptors (Lipinski definition) is 7. The second-order valence-corrected chi connectivity index (χ2v) is 7.62. The van der Waals surface area contributed by atoms with Crippen molar-refractivity contribution in [2.75, 3.05) is 52.6 Å². The molecule has 1 aliphatic heterocycles. The van der Waals surface area contributed by atoms with Gasteiger partial charge in [0.2, 0.25) is 0 Å². The molecule has 0 aromatic heterocycles. The number of amides is 2. The lowest BCUT2D eigenvalue weighted by molar-refractivity contribution is -0.139. The Morgan fingerprint density at radius 3 is 2.63 bits per heavy atom. The number of halogens is 1. The minimum Gasteiger partial charge on any atom is -0.490 e. The lowest BCUT2D eigenvalue weighted by Gasteiger charge is -2.26. The topological polar surface area (TPSA) is 101 Å². The van der Waals surface area contributed by atoms with E-state index in [4.69, 9.17) is 14.2 Å². The molecule has 1 aromatic carbocycles. The first-order chi connectivity index (χ1) is 14.5. The summed E-state index contributed by atoms with van der Waals surface area (Å²) in [5.41, 5.74) is 2.97. The lowest BCUT2D eigenvalue weighted by Crippen LogP contribution is -2.40. The summed E-state index contributed by atoms with van der Waals surface area (Å²) in [6.45, 7) is 9.41. The predicted octanol–water partition coefficient (Wildman–Crippen LogP) is 1.38. The van der Waals surface area contributed by atoms with Gasteiger partial charge in [-0.3, -0.25) is 14.5 Å². The Balaban J connectivity index is 1.79. The fraction of sp³-hybridized carbons (Fsp3) is 0.550. The highest BCUT2D eigenvalue weighted by atomic mass is 127. The van der Waals surface area contributed by atoms with E-state index in [1.54, 1.807) is 6.07 Å². The molecule has 1 saturated heterocycles. The molecule has 2 N–H and O–H groups in total. The van der Waals surface area contributed by atoms with Gasteiger partial charge in [-0.15, -0.1) is 0 Å². The molecule has 0 saturated carbocycles. The largest absolute Gasteiger partial charge is 0.490 e. The number of carbonyl (C=O) groups excluding carboxylic acids is 2. The first kappa shape index (κ1) is 24.4. The predicted molar refractivity (Wildman–Crippen MR) is 122 cm³/mol. The van der Waals surface area contributed by atoms with Crippen LogP contribution in [0.2, 0.25) is 0 Å². The number of hydrazone groups is 1. The average molecular weight is 532 g/mol. The van der Waals surface area contributed by atoms with Crippen molar-refractivity contribution in [3.05, 3.63) is 21.3 Å². The van der Waals surface area contributed by atoms with Gasteiger partial charge >= 0.3 is 11.8 Å². The maximum atomic E-state index is 11.9. The van der Waals surface area contributed by atoms with Crippen molar-refractivity contribution in [1.82, 2.24) is 15.6 Å². The molecule has 166 valence electrons. The molecule has 10 heteroatoms. The fourth-order valence-electron chi connectivity index (χ4n) is 2.84. The van der Waals surface area contributed by atoms with Crippen molar-refractivity contribution in [2.24, 2.45) is 5.10 Å². The molecule has 2 rings (SSSR count). The highest BCUT2D eigenvalue weighted by Crippen LogP contribution is 2.33. The number of nitrogens with zero attached hydrogens (tertiary/aromatic N) is 2. The summed E-state index contributed by atoms with van der Waals surface area (Å²) < 4.78 is 17.4. The summed E-state index contributed by atoms with van der Waals surface area (Å²) in [4.78, 5) is 26.0. The third kappa shape index (κ3) is 8.07. The fourth-order valence-corrected chi connectivity index (χ4v) is 3.62. The van der Waals surface area contributed by atoms with E-state index in [0.29, 0.717) is 31.3 Å². The molecule has 1 heterocycles. The number of benzene rings is 1. The Kier molecular flexibility index (Phi) is 10.9. The second kappa shape index (κ2) is 13.4. The van der Waals surface area contributed by atoms with Gasteiger partial charge in [0, 0.05) is 19.6 Å². The van der Waals surface area contributed by atoms with Gasteiger partial charge in [0.1, 0.15) is 0 Å². The van der Waals surface area contributed by atoms with Crippen molar-refractivity contribution in [3.8, 4) is 11.5 Å². The lowest BCUT2D eigenvalue weighted by atomic mass is 10.2. The van der Waals surface area contributed by atoms with E-state index >= 15 is 0 Å². The molecule has 0 aliphatic carbocycles. The molecule has 30 heavy (non-hydrogen) atoms. The van der Waals surface area contributed by atoms with Crippen molar-refractivity contribution in [3.63, 3.8) is 0 Å². The van der Waals surface area contributed by atoms with Gasteiger partial charge in [-0.2, -0.15) is 5.10 Å². The average Bonchev–Trinajstić information content (AvgIpc) is 2.74. The highest BCUT2D eigenvalue weighted by molar-refractivity contribution is 14.1. The number of carbonyl (C=O) groups is 2. The van der Waals surface area contributed by atoms with Gasteiger partial charge in [-0.05, 0) is 67.1 Å². The number of morpholine rings is 1. The molecule has 0 unspecified atom stereocenters.